The Bertz CT molecular complexity index is 847. The average Bonchev–Trinajstić information content (AvgIpc) is 2.69. The largest absolute Gasteiger partial charge is 0.481 e. The van der Waals surface area contributed by atoms with Crippen LogP contribution in [0.3, 0.4) is 0 Å². The molecular weight excluding hydrogens is 420 g/mol. The third kappa shape index (κ3) is 8.61. The smallest absolute Gasteiger partial charge is 0.303 e. The molecule has 0 amide bonds. The molecule has 1 aromatic rings. The fraction of sp³-hybridized carbons (Fsp3) is 0.652. The van der Waals surface area contributed by atoms with E-state index < -0.39 is 22.1 Å². The summed E-state index contributed by atoms with van der Waals surface area (Å²) in [7, 11) is -4.27. The maximum absolute atomic E-state index is 11.6. The van der Waals surface area contributed by atoms with E-state index in [2.05, 4.69) is 0 Å². The minimum Gasteiger partial charge on any atom is -0.481 e. The number of hydrogen-bond acceptors (Lipinski definition) is 4. The van der Waals surface area contributed by atoms with Crippen LogP contribution in [0.4, 0.5) is 0 Å². The summed E-state index contributed by atoms with van der Waals surface area (Å²) >= 11 is 0. The van der Waals surface area contributed by atoms with Crippen molar-refractivity contribution in [3.8, 4) is 0 Å². The third-order valence-corrected chi connectivity index (χ3v) is 7.09. The van der Waals surface area contributed by atoms with Crippen molar-refractivity contribution in [3.05, 3.63) is 29.3 Å². The lowest BCUT2D eigenvalue weighted by molar-refractivity contribution is -0.138. The van der Waals surface area contributed by atoms with E-state index in [9.17, 15) is 22.6 Å². The van der Waals surface area contributed by atoms with Crippen molar-refractivity contribution in [3.63, 3.8) is 0 Å². The highest BCUT2D eigenvalue weighted by molar-refractivity contribution is 7.85. The Balaban J connectivity index is 1.99. The number of carbonyl (C=O) groups is 2. The van der Waals surface area contributed by atoms with Crippen LogP contribution in [0.2, 0.25) is 0 Å². The molecule has 174 valence electrons. The lowest BCUT2D eigenvalue weighted by atomic mass is 9.73. The number of fused-ring (bicyclic) bond motifs is 1. The Kier molecular flexibility index (Phi) is 9.96. The summed E-state index contributed by atoms with van der Waals surface area (Å²) in [6.07, 6.45) is 10.2. The van der Waals surface area contributed by atoms with Crippen molar-refractivity contribution in [1.29, 1.82) is 0 Å². The molecule has 0 heterocycles. The van der Waals surface area contributed by atoms with E-state index in [0.29, 0.717) is 18.8 Å². The Morgan fingerprint density at radius 3 is 1.84 bits per heavy atom. The molecule has 3 N–H and O–H groups in total. The molecule has 0 aliphatic heterocycles. The first kappa shape index (κ1) is 25.3. The summed E-state index contributed by atoms with van der Waals surface area (Å²) in [5, 5.41) is 17.5. The highest BCUT2D eigenvalue weighted by Crippen LogP contribution is 2.44. The second-order valence-corrected chi connectivity index (χ2v) is 10.00. The minimum atomic E-state index is -4.27. The quantitative estimate of drug-likeness (QED) is 0.255. The Hall–Kier alpha value is -1.93. The summed E-state index contributed by atoms with van der Waals surface area (Å²) in [6.45, 7) is 0. The Labute approximate surface area is 184 Å². The Morgan fingerprint density at radius 1 is 0.774 bits per heavy atom. The zero-order valence-corrected chi connectivity index (χ0v) is 18.8. The van der Waals surface area contributed by atoms with Gasteiger partial charge in [0.05, 0.1) is 4.90 Å². The first-order chi connectivity index (χ1) is 14.7. The standard InChI is InChI=1S/C23H34O7S/c24-22(25)10-5-3-1-2-4-8-17-12-13-18(9-6-7-11-23(26)27)21-16-19(31(28,29)30)14-15-20(17)21/h14-18H,1-13H2,(H,24,25)(H,26,27)(H,28,29,30). The van der Waals surface area contributed by atoms with E-state index >= 15 is 0 Å². The van der Waals surface area contributed by atoms with E-state index in [0.717, 1.165) is 68.9 Å². The van der Waals surface area contributed by atoms with Gasteiger partial charge in [-0.2, -0.15) is 8.42 Å². The summed E-state index contributed by atoms with van der Waals surface area (Å²) < 4.78 is 32.7. The predicted octanol–water partition coefficient (Wildman–Crippen LogP) is 5.35. The average molecular weight is 455 g/mol. The van der Waals surface area contributed by atoms with Crippen molar-refractivity contribution >= 4 is 22.1 Å². The maximum atomic E-state index is 11.6. The fourth-order valence-corrected chi connectivity index (χ4v) is 5.13. The molecule has 2 atom stereocenters. The summed E-state index contributed by atoms with van der Waals surface area (Å²) in [4.78, 5) is 21.2. The van der Waals surface area contributed by atoms with Crippen molar-refractivity contribution in [1.82, 2.24) is 0 Å². The van der Waals surface area contributed by atoms with Crippen LogP contribution in [-0.4, -0.2) is 35.1 Å². The molecule has 0 radical (unpaired) electrons. The first-order valence-corrected chi connectivity index (χ1v) is 12.7. The highest BCUT2D eigenvalue weighted by Gasteiger charge is 2.28. The summed E-state index contributed by atoms with van der Waals surface area (Å²) in [6, 6.07) is 4.91. The number of carboxylic acid groups (broad SMARTS) is 2. The number of benzene rings is 1. The van der Waals surface area contributed by atoms with Crippen molar-refractivity contribution in [2.24, 2.45) is 0 Å². The SMILES string of the molecule is O=C(O)CCCCCCCC1CCC(CCCCC(=O)O)c2cc(S(=O)(=O)O)ccc21. The van der Waals surface area contributed by atoms with Gasteiger partial charge in [-0.1, -0.05) is 38.2 Å². The summed E-state index contributed by atoms with van der Waals surface area (Å²) in [5.41, 5.74) is 2.12. The van der Waals surface area contributed by atoms with Crippen molar-refractivity contribution in [2.45, 2.75) is 100 Å². The maximum Gasteiger partial charge on any atom is 0.303 e. The lowest BCUT2D eigenvalue weighted by Crippen LogP contribution is -2.16. The second kappa shape index (κ2) is 12.2. The van der Waals surface area contributed by atoms with Gasteiger partial charge in [0.15, 0.2) is 0 Å². The van der Waals surface area contributed by atoms with Crippen LogP contribution in [0, 0.1) is 0 Å². The predicted molar refractivity (Wildman–Crippen MR) is 117 cm³/mol. The molecule has 0 aromatic heterocycles. The number of unbranched alkanes of at least 4 members (excludes halogenated alkanes) is 5. The third-order valence-electron chi connectivity index (χ3n) is 6.24. The molecule has 2 rings (SSSR count). The van der Waals surface area contributed by atoms with E-state index in [1.54, 1.807) is 6.07 Å². The molecule has 7 nitrogen and oxygen atoms in total. The molecule has 8 heteroatoms. The van der Waals surface area contributed by atoms with Gasteiger partial charge in [0.1, 0.15) is 0 Å². The molecule has 0 saturated heterocycles. The van der Waals surface area contributed by atoms with Gasteiger partial charge >= 0.3 is 11.9 Å². The molecule has 0 saturated carbocycles. The molecule has 31 heavy (non-hydrogen) atoms. The molecular formula is C23H34O7S. The van der Waals surface area contributed by atoms with Crippen LogP contribution in [0.15, 0.2) is 23.1 Å². The molecule has 1 aliphatic carbocycles. The highest BCUT2D eigenvalue weighted by atomic mass is 32.2. The summed E-state index contributed by atoms with van der Waals surface area (Å²) in [5.74, 6) is -1.03. The van der Waals surface area contributed by atoms with Crippen LogP contribution in [0.1, 0.15) is 106 Å². The van der Waals surface area contributed by atoms with E-state index in [1.807, 2.05) is 6.07 Å². The van der Waals surface area contributed by atoms with Crippen LogP contribution < -0.4 is 0 Å². The number of carboxylic acids is 2. The van der Waals surface area contributed by atoms with Gasteiger partial charge in [-0.3, -0.25) is 14.1 Å². The molecule has 0 bridgehead atoms. The fourth-order valence-electron chi connectivity index (χ4n) is 4.62. The molecule has 2 unspecified atom stereocenters. The monoisotopic (exact) mass is 454 g/mol. The van der Waals surface area contributed by atoms with Gasteiger partial charge in [-0.25, -0.2) is 0 Å². The van der Waals surface area contributed by atoms with E-state index in [-0.39, 0.29) is 23.7 Å². The van der Waals surface area contributed by atoms with Gasteiger partial charge in [0.2, 0.25) is 0 Å². The number of rotatable bonds is 14. The van der Waals surface area contributed by atoms with Crippen LogP contribution in [0.5, 0.6) is 0 Å². The molecule has 1 aliphatic rings. The Morgan fingerprint density at radius 2 is 1.26 bits per heavy atom. The van der Waals surface area contributed by atoms with Crippen molar-refractivity contribution in [2.75, 3.05) is 0 Å². The van der Waals surface area contributed by atoms with Crippen LogP contribution in [0.25, 0.3) is 0 Å². The van der Waals surface area contributed by atoms with E-state index in [4.69, 9.17) is 10.2 Å². The zero-order chi connectivity index (χ0) is 22.9. The van der Waals surface area contributed by atoms with Crippen LogP contribution in [-0.2, 0) is 19.7 Å². The zero-order valence-electron chi connectivity index (χ0n) is 18.0. The molecule has 0 fully saturated rings. The number of aliphatic carboxylic acids is 2. The van der Waals surface area contributed by atoms with E-state index in [1.165, 1.54) is 6.07 Å². The minimum absolute atomic E-state index is 0.0825. The van der Waals surface area contributed by atoms with Gasteiger partial charge < -0.3 is 10.2 Å². The second-order valence-electron chi connectivity index (χ2n) is 8.58. The van der Waals surface area contributed by atoms with Crippen LogP contribution >= 0.6 is 0 Å². The van der Waals surface area contributed by atoms with Gasteiger partial charge in [0, 0.05) is 12.8 Å². The molecule has 1 aromatic carbocycles. The van der Waals surface area contributed by atoms with Crippen molar-refractivity contribution < 1.29 is 32.8 Å². The normalized spacial score (nSPS) is 18.5. The topological polar surface area (TPSA) is 129 Å². The van der Waals surface area contributed by atoms with Gasteiger partial charge in [0.25, 0.3) is 10.1 Å². The number of hydrogen-bond donors (Lipinski definition) is 3. The first-order valence-electron chi connectivity index (χ1n) is 11.2. The van der Waals surface area contributed by atoms with Gasteiger partial charge in [-0.15, -0.1) is 0 Å². The van der Waals surface area contributed by atoms with Gasteiger partial charge in [-0.05, 0) is 73.6 Å². The lowest BCUT2D eigenvalue weighted by Gasteiger charge is -2.32. The molecule has 0 spiro atoms.